The molecule has 120 valence electrons. The quantitative estimate of drug-likeness (QED) is 0.811. The van der Waals surface area contributed by atoms with Crippen LogP contribution in [0.4, 0.5) is 0 Å². The molecule has 0 unspecified atom stereocenters. The van der Waals surface area contributed by atoms with Gasteiger partial charge in [-0.1, -0.05) is 6.07 Å². The maximum absolute atomic E-state index is 12.3. The fraction of sp³-hybridized carbons (Fsp3) is 0.333. The minimum absolute atomic E-state index is 0.173. The molecule has 2 aromatic rings. The van der Waals surface area contributed by atoms with Crippen molar-refractivity contribution in [1.82, 2.24) is 4.72 Å². The monoisotopic (exact) mass is 341 g/mol. The Kier molecular flexibility index (Phi) is 5.57. The summed E-state index contributed by atoms with van der Waals surface area (Å²) in [4.78, 5) is 1.05. The van der Waals surface area contributed by atoms with Gasteiger partial charge in [-0.05, 0) is 48.6 Å². The molecular weight excluding hydrogens is 322 g/mol. The molecule has 0 bridgehead atoms. The zero-order valence-electron chi connectivity index (χ0n) is 12.4. The normalized spacial score (nSPS) is 13.0. The number of rotatable bonds is 7. The van der Waals surface area contributed by atoms with Crippen LogP contribution < -0.4 is 9.46 Å². The summed E-state index contributed by atoms with van der Waals surface area (Å²) in [6.45, 7) is 1.89. The lowest BCUT2D eigenvalue weighted by atomic mass is 10.2. The van der Waals surface area contributed by atoms with Crippen LogP contribution >= 0.6 is 11.3 Å². The number of hydrogen-bond donors (Lipinski definition) is 2. The molecule has 0 aliphatic carbocycles. The highest BCUT2D eigenvalue weighted by molar-refractivity contribution is 7.89. The van der Waals surface area contributed by atoms with Crippen molar-refractivity contribution in [2.45, 2.75) is 24.3 Å². The Labute approximate surface area is 134 Å². The van der Waals surface area contributed by atoms with Crippen LogP contribution in [0.15, 0.2) is 40.6 Å². The number of ether oxygens (including phenoxy) is 1. The lowest BCUT2D eigenvalue weighted by Crippen LogP contribution is -2.26. The summed E-state index contributed by atoms with van der Waals surface area (Å²) in [6, 6.07) is 8.49. The van der Waals surface area contributed by atoms with Crippen LogP contribution in [0, 0.1) is 6.92 Å². The van der Waals surface area contributed by atoms with Gasteiger partial charge in [-0.3, -0.25) is 0 Å². The first kappa shape index (κ1) is 17.0. The molecule has 0 radical (unpaired) electrons. The van der Waals surface area contributed by atoms with E-state index in [-0.39, 0.29) is 11.4 Å². The molecular formula is C15H19NO4S2. The summed E-state index contributed by atoms with van der Waals surface area (Å²) in [6.07, 6.45) is -0.325. The standard InChI is InChI=1S/C15H19NO4S2/c1-11-10-12(20-2)5-6-15(11)22(18,19)16-8-7-13(17)14-4-3-9-21-14/h3-6,9-10,13,16-17H,7-8H2,1-2H3/t13-/m1/s1. The number of nitrogens with one attached hydrogen (secondary N) is 1. The molecule has 0 saturated carbocycles. The topological polar surface area (TPSA) is 75.6 Å². The molecule has 0 aliphatic heterocycles. The number of aliphatic hydroxyl groups excluding tert-OH is 1. The van der Waals surface area contributed by atoms with Crippen molar-refractivity contribution in [1.29, 1.82) is 0 Å². The van der Waals surface area contributed by atoms with Gasteiger partial charge in [0.15, 0.2) is 0 Å². The average Bonchev–Trinajstić information content (AvgIpc) is 3.00. The number of hydrogen-bond acceptors (Lipinski definition) is 5. The lowest BCUT2D eigenvalue weighted by Gasteiger charge is -2.12. The van der Waals surface area contributed by atoms with Gasteiger partial charge in [0.1, 0.15) is 5.75 Å². The van der Waals surface area contributed by atoms with E-state index in [1.54, 1.807) is 19.1 Å². The zero-order valence-corrected chi connectivity index (χ0v) is 14.1. The fourth-order valence-electron chi connectivity index (χ4n) is 2.08. The molecule has 1 atom stereocenters. The van der Waals surface area contributed by atoms with Gasteiger partial charge in [0, 0.05) is 11.4 Å². The summed E-state index contributed by atoms with van der Waals surface area (Å²) >= 11 is 1.45. The third-order valence-corrected chi connectivity index (χ3v) is 5.85. The van der Waals surface area contributed by atoms with Crippen LogP contribution in [-0.2, 0) is 10.0 Å². The predicted molar refractivity (Wildman–Crippen MR) is 86.8 cm³/mol. The first-order valence-electron chi connectivity index (χ1n) is 6.80. The van der Waals surface area contributed by atoms with Crippen LogP contribution in [0.5, 0.6) is 5.75 Å². The zero-order chi connectivity index (χ0) is 16.2. The summed E-state index contributed by atoms with van der Waals surface area (Å²) in [5.41, 5.74) is 0.616. The van der Waals surface area contributed by atoms with Gasteiger partial charge in [-0.15, -0.1) is 11.3 Å². The third-order valence-electron chi connectivity index (χ3n) is 3.25. The molecule has 0 aliphatic rings. The smallest absolute Gasteiger partial charge is 0.240 e. The molecule has 0 spiro atoms. The van der Waals surface area contributed by atoms with Gasteiger partial charge in [-0.25, -0.2) is 13.1 Å². The molecule has 22 heavy (non-hydrogen) atoms. The average molecular weight is 341 g/mol. The number of aliphatic hydroxyl groups is 1. The van der Waals surface area contributed by atoms with Crippen LogP contribution in [-0.4, -0.2) is 27.2 Å². The second-order valence-electron chi connectivity index (χ2n) is 4.85. The summed E-state index contributed by atoms with van der Waals surface area (Å²) in [7, 11) is -2.06. The summed E-state index contributed by atoms with van der Waals surface area (Å²) < 4.78 is 32.2. The second kappa shape index (κ2) is 7.23. The largest absolute Gasteiger partial charge is 0.497 e. The van der Waals surface area contributed by atoms with Crippen molar-refractivity contribution in [3.05, 3.63) is 46.2 Å². The van der Waals surface area contributed by atoms with Gasteiger partial charge >= 0.3 is 0 Å². The van der Waals surface area contributed by atoms with Gasteiger partial charge in [0.2, 0.25) is 10.0 Å². The highest BCUT2D eigenvalue weighted by Gasteiger charge is 2.18. The van der Waals surface area contributed by atoms with Crippen LogP contribution in [0.25, 0.3) is 0 Å². The van der Waals surface area contributed by atoms with E-state index < -0.39 is 16.1 Å². The summed E-state index contributed by atoms with van der Waals surface area (Å²) in [5, 5.41) is 11.8. The second-order valence-corrected chi connectivity index (χ2v) is 7.56. The van der Waals surface area contributed by atoms with Gasteiger partial charge in [-0.2, -0.15) is 0 Å². The maximum Gasteiger partial charge on any atom is 0.240 e. The van der Waals surface area contributed by atoms with Crippen LogP contribution in [0.3, 0.4) is 0 Å². The third kappa shape index (κ3) is 4.07. The molecule has 5 nitrogen and oxygen atoms in total. The van der Waals surface area contributed by atoms with E-state index in [2.05, 4.69) is 4.72 Å². The van der Waals surface area contributed by atoms with Crippen molar-refractivity contribution < 1.29 is 18.3 Å². The van der Waals surface area contributed by atoms with E-state index in [9.17, 15) is 13.5 Å². The predicted octanol–water partition coefficient (Wildman–Crippen LogP) is 2.47. The molecule has 1 aromatic heterocycles. The Morgan fingerprint density at radius 1 is 1.36 bits per heavy atom. The van der Waals surface area contributed by atoms with Gasteiger partial charge in [0.05, 0.1) is 18.1 Å². The fourth-order valence-corrected chi connectivity index (χ4v) is 4.10. The molecule has 2 rings (SSSR count). The van der Waals surface area contributed by atoms with Crippen molar-refractivity contribution in [2.24, 2.45) is 0 Å². The summed E-state index contributed by atoms with van der Waals surface area (Å²) in [5.74, 6) is 0.615. The molecule has 0 saturated heterocycles. The number of thiophene rings is 1. The number of sulfonamides is 1. The van der Waals surface area contributed by atoms with Crippen LogP contribution in [0.2, 0.25) is 0 Å². The Morgan fingerprint density at radius 2 is 2.14 bits per heavy atom. The Morgan fingerprint density at radius 3 is 2.73 bits per heavy atom. The van der Waals surface area contributed by atoms with Gasteiger partial charge in [0.25, 0.3) is 0 Å². The maximum atomic E-state index is 12.3. The number of methoxy groups -OCH3 is 1. The number of benzene rings is 1. The lowest BCUT2D eigenvalue weighted by molar-refractivity contribution is 0.173. The SMILES string of the molecule is COc1ccc(S(=O)(=O)NCC[C@@H](O)c2cccs2)c(C)c1. The van der Waals surface area contributed by atoms with Crippen molar-refractivity contribution >= 4 is 21.4 Å². The Bertz CT molecular complexity index is 711. The first-order chi connectivity index (χ1) is 10.4. The number of aryl methyl sites for hydroxylation is 1. The van der Waals surface area contributed by atoms with Gasteiger partial charge < -0.3 is 9.84 Å². The van der Waals surface area contributed by atoms with E-state index in [1.165, 1.54) is 24.5 Å². The van der Waals surface area contributed by atoms with E-state index >= 15 is 0 Å². The van der Waals surface area contributed by atoms with Crippen molar-refractivity contribution in [3.8, 4) is 5.75 Å². The molecule has 1 aromatic carbocycles. The van der Waals surface area contributed by atoms with Crippen molar-refractivity contribution in [3.63, 3.8) is 0 Å². The highest BCUT2D eigenvalue weighted by atomic mass is 32.2. The van der Waals surface area contributed by atoms with E-state index in [0.717, 1.165) is 4.88 Å². The molecule has 0 amide bonds. The Hall–Kier alpha value is -1.41. The highest BCUT2D eigenvalue weighted by Crippen LogP contribution is 2.23. The minimum Gasteiger partial charge on any atom is -0.497 e. The minimum atomic E-state index is -3.59. The van der Waals surface area contributed by atoms with Crippen LogP contribution in [0.1, 0.15) is 23.0 Å². The molecule has 0 fully saturated rings. The molecule has 1 heterocycles. The van der Waals surface area contributed by atoms with E-state index in [4.69, 9.17) is 4.74 Å². The molecule has 7 heteroatoms. The van der Waals surface area contributed by atoms with E-state index in [0.29, 0.717) is 17.7 Å². The molecule has 2 N–H and O–H groups in total. The van der Waals surface area contributed by atoms with E-state index in [1.807, 2.05) is 17.5 Å². The Balaban J connectivity index is 1.99. The van der Waals surface area contributed by atoms with Crippen molar-refractivity contribution in [2.75, 3.05) is 13.7 Å². The first-order valence-corrected chi connectivity index (χ1v) is 9.16.